The number of benzene rings is 2. The number of fused-ring (bicyclic) bond motifs is 4. The van der Waals surface area contributed by atoms with Crippen molar-refractivity contribution < 1.29 is 26.7 Å². The fourth-order valence-corrected chi connectivity index (χ4v) is 9.58. The van der Waals surface area contributed by atoms with Gasteiger partial charge in [0, 0.05) is 22.5 Å². The second-order valence-electron chi connectivity index (χ2n) is 9.18. The van der Waals surface area contributed by atoms with Gasteiger partial charge in [-0.3, -0.25) is 0 Å². The molecule has 32 heavy (non-hydrogen) atoms. The quantitative estimate of drug-likeness (QED) is 0.566. The molecule has 3 atom stereocenters. The van der Waals surface area contributed by atoms with Crippen LogP contribution in [0.25, 0.3) is 0 Å². The summed E-state index contributed by atoms with van der Waals surface area (Å²) in [6, 6.07) is 7.93. The van der Waals surface area contributed by atoms with Gasteiger partial charge in [0.15, 0.2) is 21.4 Å². The van der Waals surface area contributed by atoms with Crippen molar-refractivity contribution in [2.24, 2.45) is 10.8 Å². The van der Waals surface area contributed by atoms with Crippen molar-refractivity contribution in [2.75, 3.05) is 19.8 Å². The van der Waals surface area contributed by atoms with Gasteiger partial charge >= 0.3 is 0 Å². The normalized spacial score (nSPS) is 31.8. The van der Waals surface area contributed by atoms with E-state index in [1.807, 2.05) is 6.92 Å². The second-order valence-corrected chi connectivity index (χ2v) is 11.8. The van der Waals surface area contributed by atoms with Gasteiger partial charge < -0.3 is 9.47 Å². The summed E-state index contributed by atoms with van der Waals surface area (Å²) in [5, 5.41) is 0.400. The molecule has 172 valence electrons. The molecule has 2 aromatic rings. The molecule has 1 aliphatic carbocycles. The van der Waals surface area contributed by atoms with Gasteiger partial charge in [-0.25, -0.2) is 17.2 Å². The first kappa shape index (κ1) is 22.1. The molecule has 0 N–H and O–H groups in total. The van der Waals surface area contributed by atoms with E-state index in [2.05, 4.69) is 0 Å². The topological polar surface area (TPSA) is 52.6 Å². The highest BCUT2D eigenvalue weighted by Gasteiger charge is 2.73. The monoisotopic (exact) mass is 482 g/mol. The number of hydrogen-bond donors (Lipinski definition) is 0. The van der Waals surface area contributed by atoms with Gasteiger partial charge in [-0.15, -0.1) is 0 Å². The van der Waals surface area contributed by atoms with Crippen LogP contribution in [0.3, 0.4) is 0 Å². The van der Waals surface area contributed by atoms with Gasteiger partial charge in [0.1, 0.15) is 10.6 Å². The maximum Gasteiger partial charge on any atom is 0.189 e. The molecule has 1 saturated carbocycles. The maximum atomic E-state index is 15.6. The van der Waals surface area contributed by atoms with Crippen LogP contribution in [0.15, 0.2) is 41.3 Å². The first-order chi connectivity index (χ1) is 15.2. The molecule has 1 saturated heterocycles. The highest BCUT2D eigenvalue weighted by molar-refractivity contribution is 7.92. The third kappa shape index (κ3) is 2.59. The highest BCUT2D eigenvalue weighted by Crippen LogP contribution is 2.71. The molecule has 0 bridgehead atoms. The molecule has 1 spiro atoms. The van der Waals surface area contributed by atoms with E-state index in [4.69, 9.17) is 21.1 Å². The van der Waals surface area contributed by atoms with Gasteiger partial charge in [0.25, 0.3) is 0 Å². The smallest absolute Gasteiger partial charge is 0.189 e. The van der Waals surface area contributed by atoms with E-state index in [-0.39, 0.29) is 29.2 Å². The predicted octanol–water partition coefficient (Wildman–Crippen LogP) is 5.67. The van der Waals surface area contributed by atoms with E-state index in [0.717, 1.165) is 18.6 Å². The average Bonchev–Trinajstić information content (AvgIpc) is 3.25. The van der Waals surface area contributed by atoms with Gasteiger partial charge in [-0.1, -0.05) is 24.9 Å². The zero-order valence-corrected chi connectivity index (χ0v) is 19.4. The molecule has 2 heterocycles. The lowest BCUT2D eigenvalue weighted by atomic mass is 9.48. The Bertz CT molecular complexity index is 1160. The Labute approximate surface area is 191 Å². The number of halogens is 3. The van der Waals surface area contributed by atoms with Crippen LogP contribution in [0, 0.1) is 22.5 Å². The van der Waals surface area contributed by atoms with E-state index in [9.17, 15) is 12.8 Å². The fraction of sp³-hybridized carbons (Fsp3) is 0.500. The average molecular weight is 483 g/mol. The first-order valence-corrected chi connectivity index (χ1v) is 12.8. The van der Waals surface area contributed by atoms with Crippen molar-refractivity contribution in [1.29, 1.82) is 0 Å². The molecule has 2 fully saturated rings. The molecule has 3 aliphatic rings. The fourth-order valence-electron chi connectivity index (χ4n) is 6.75. The minimum absolute atomic E-state index is 0.00689. The van der Waals surface area contributed by atoms with E-state index in [1.54, 1.807) is 0 Å². The molecule has 5 rings (SSSR count). The molecule has 3 unspecified atom stereocenters. The molecular weight excluding hydrogens is 458 g/mol. The van der Waals surface area contributed by atoms with Crippen molar-refractivity contribution in [3.05, 3.63) is 58.6 Å². The zero-order chi connectivity index (χ0) is 22.8. The van der Waals surface area contributed by atoms with Crippen LogP contribution >= 0.6 is 11.6 Å². The summed E-state index contributed by atoms with van der Waals surface area (Å²) in [5.41, 5.74) is -1.66. The summed E-state index contributed by atoms with van der Waals surface area (Å²) in [7, 11) is -4.19. The zero-order valence-electron chi connectivity index (χ0n) is 17.8. The van der Waals surface area contributed by atoms with Crippen LogP contribution < -0.4 is 4.74 Å². The van der Waals surface area contributed by atoms with Crippen molar-refractivity contribution in [1.82, 2.24) is 0 Å². The standard InChI is InChI=1S/C24H25ClF2O4S/c1-2-23-15-31-21-19(27)9-8-18(26)20(21)24(23,11-3-10-22(23)12-13-30-14-22)32(28,29)17-6-4-16(25)5-7-17/h4-9H,2-3,10-15H2,1H3. The van der Waals surface area contributed by atoms with Crippen LogP contribution in [0.5, 0.6) is 5.75 Å². The van der Waals surface area contributed by atoms with Crippen molar-refractivity contribution in [3.63, 3.8) is 0 Å². The molecule has 0 aromatic heterocycles. The van der Waals surface area contributed by atoms with Crippen molar-refractivity contribution >= 4 is 21.4 Å². The molecule has 0 amide bonds. The Kier molecular flexibility index (Phi) is 5.12. The Hall–Kier alpha value is -1.70. The summed E-state index contributed by atoms with van der Waals surface area (Å²) >= 11 is 6.02. The van der Waals surface area contributed by atoms with Crippen LogP contribution in [0.1, 0.15) is 44.6 Å². The minimum atomic E-state index is -4.19. The van der Waals surface area contributed by atoms with E-state index < -0.39 is 37.0 Å². The third-order valence-electron chi connectivity index (χ3n) is 8.19. The number of ether oxygens (including phenoxy) is 2. The molecule has 2 aliphatic heterocycles. The lowest BCUT2D eigenvalue weighted by Gasteiger charge is -2.63. The Morgan fingerprint density at radius 3 is 2.38 bits per heavy atom. The van der Waals surface area contributed by atoms with E-state index in [1.165, 1.54) is 24.3 Å². The largest absolute Gasteiger partial charge is 0.489 e. The van der Waals surface area contributed by atoms with E-state index in [0.29, 0.717) is 37.5 Å². The summed E-state index contributed by atoms with van der Waals surface area (Å²) in [4.78, 5) is 0.0483. The van der Waals surface area contributed by atoms with Crippen molar-refractivity contribution in [2.45, 2.75) is 48.7 Å². The molecular formula is C24H25ClF2O4S. The number of sulfone groups is 1. The molecule has 8 heteroatoms. The SMILES string of the molecule is CCC12COc3c(F)ccc(F)c3C1(S(=O)(=O)c1ccc(Cl)cc1)CCCC21CCOC1. The van der Waals surface area contributed by atoms with Gasteiger partial charge in [-0.2, -0.15) is 0 Å². The summed E-state index contributed by atoms with van der Waals surface area (Å²) in [6.07, 6.45) is 2.60. The van der Waals surface area contributed by atoms with E-state index >= 15 is 4.39 Å². The third-order valence-corrected chi connectivity index (χ3v) is 11.0. The summed E-state index contributed by atoms with van der Waals surface area (Å²) in [5.74, 6) is -1.80. The summed E-state index contributed by atoms with van der Waals surface area (Å²) < 4.78 is 69.6. The second kappa shape index (κ2) is 7.40. The van der Waals surface area contributed by atoms with Crippen LogP contribution in [0.4, 0.5) is 8.78 Å². The van der Waals surface area contributed by atoms with Gasteiger partial charge in [0.2, 0.25) is 0 Å². The van der Waals surface area contributed by atoms with Gasteiger partial charge in [-0.05, 0) is 62.1 Å². The van der Waals surface area contributed by atoms with Crippen LogP contribution in [0.2, 0.25) is 5.02 Å². The Morgan fingerprint density at radius 2 is 1.72 bits per heavy atom. The Morgan fingerprint density at radius 1 is 1.00 bits per heavy atom. The lowest BCUT2D eigenvalue weighted by molar-refractivity contribution is -0.103. The molecule has 0 radical (unpaired) electrons. The minimum Gasteiger partial charge on any atom is -0.489 e. The van der Waals surface area contributed by atoms with Crippen molar-refractivity contribution in [3.8, 4) is 5.75 Å². The van der Waals surface area contributed by atoms with Gasteiger partial charge in [0.05, 0.1) is 23.7 Å². The number of rotatable bonds is 3. The summed E-state index contributed by atoms with van der Waals surface area (Å²) in [6.45, 7) is 2.81. The highest BCUT2D eigenvalue weighted by atomic mass is 35.5. The number of hydrogen-bond acceptors (Lipinski definition) is 4. The first-order valence-electron chi connectivity index (χ1n) is 10.9. The molecule has 4 nitrogen and oxygen atoms in total. The van der Waals surface area contributed by atoms with Crippen LogP contribution in [-0.2, 0) is 19.3 Å². The van der Waals surface area contributed by atoms with Crippen LogP contribution in [-0.4, -0.2) is 28.2 Å². The predicted molar refractivity (Wildman–Crippen MR) is 117 cm³/mol. The molecule has 2 aromatic carbocycles. The Balaban J connectivity index is 1.90. The maximum absolute atomic E-state index is 15.6. The lowest BCUT2D eigenvalue weighted by Crippen LogP contribution is -2.66.